The maximum Gasteiger partial charge on any atom is 0.319 e. The minimum Gasteiger partial charge on any atom is -0.508 e. The number of ether oxygens (including phenoxy) is 1. The van der Waals surface area contributed by atoms with Gasteiger partial charge in [-0.05, 0) is 66.8 Å². The van der Waals surface area contributed by atoms with Gasteiger partial charge in [-0.3, -0.25) is 4.90 Å². The Labute approximate surface area is 237 Å². The Balaban J connectivity index is 1.24. The van der Waals surface area contributed by atoms with E-state index in [2.05, 4.69) is 20.1 Å². The normalized spacial score (nSPS) is 27.7. The zero-order chi connectivity index (χ0) is 27.7. The third kappa shape index (κ3) is 4.20. The second-order valence-corrected chi connectivity index (χ2v) is 12.3. The second-order valence-electron chi connectivity index (χ2n) is 12.3. The summed E-state index contributed by atoms with van der Waals surface area (Å²) in [4.78, 5) is 13.9. The van der Waals surface area contributed by atoms with E-state index in [1.165, 1.54) is 0 Å². The van der Waals surface area contributed by atoms with Gasteiger partial charge in [-0.25, -0.2) is 8.78 Å². The summed E-state index contributed by atoms with van der Waals surface area (Å²) in [6, 6.07) is 15.4. The maximum absolute atomic E-state index is 16.6. The van der Waals surface area contributed by atoms with Crippen molar-refractivity contribution < 1.29 is 18.6 Å². The van der Waals surface area contributed by atoms with Crippen molar-refractivity contribution in [1.29, 1.82) is 0 Å². The summed E-state index contributed by atoms with van der Waals surface area (Å²) in [6.45, 7) is 3.15. The number of hydrogen-bond donors (Lipinski definition) is 2. The lowest BCUT2D eigenvalue weighted by atomic mass is 9.95. The van der Waals surface area contributed by atoms with Crippen molar-refractivity contribution in [2.75, 3.05) is 37.7 Å². The molecule has 41 heavy (non-hydrogen) atoms. The summed E-state index contributed by atoms with van der Waals surface area (Å²) >= 11 is 0. The number of nitrogens with one attached hydrogen (secondary N) is 1. The van der Waals surface area contributed by atoms with Gasteiger partial charge in [0.2, 0.25) is 0 Å². The van der Waals surface area contributed by atoms with Gasteiger partial charge in [0.1, 0.15) is 29.9 Å². The van der Waals surface area contributed by atoms with Crippen LogP contribution in [0.4, 0.5) is 14.6 Å². The minimum atomic E-state index is -0.861. The smallest absolute Gasteiger partial charge is 0.319 e. The molecule has 3 aromatic carbocycles. The molecule has 0 radical (unpaired) electrons. The van der Waals surface area contributed by atoms with Gasteiger partial charge in [-0.1, -0.05) is 30.3 Å². The summed E-state index contributed by atoms with van der Waals surface area (Å²) in [7, 11) is 0. The summed E-state index contributed by atoms with van der Waals surface area (Å²) in [5, 5.41) is 16.4. The van der Waals surface area contributed by atoms with E-state index < -0.39 is 12.0 Å². The van der Waals surface area contributed by atoms with Crippen LogP contribution in [0.1, 0.15) is 32.1 Å². The quantitative estimate of drug-likeness (QED) is 0.350. The molecule has 0 spiro atoms. The minimum absolute atomic E-state index is 0.0741. The number of phenols is 1. The third-order valence-corrected chi connectivity index (χ3v) is 9.65. The standard InChI is InChI=1S/C32H33F2N5O2/c33-20-14-32(10-3-11-39(32)15-20)18-41-31-36-29-26(30(37-31)38-16-21-6-7-22(17-38)35-21)9-8-25(28(29)34)27-13-23(40)12-19-4-1-2-5-24(19)27/h1-2,4-5,8-9,12-13,20-22,35,40H,3,6-7,10-11,14-18H2/t20-,21?,22?,32?/m1/s1. The molecule has 0 saturated carbocycles. The van der Waals surface area contributed by atoms with Crippen molar-refractivity contribution in [1.82, 2.24) is 20.2 Å². The summed E-state index contributed by atoms with van der Waals surface area (Å²) in [6.07, 6.45) is 3.69. The average molecular weight is 558 g/mol. The first-order valence-electron chi connectivity index (χ1n) is 14.7. The number of nitrogens with zero attached hydrogens (tertiary/aromatic N) is 4. The molecule has 4 aromatic rings. The number of benzene rings is 3. The van der Waals surface area contributed by atoms with Crippen LogP contribution in [0.25, 0.3) is 32.8 Å². The zero-order valence-corrected chi connectivity index (χ0v) is 22.8. The Hall–Kier alpha value is -3.56. The number of fused-ring (bicyclic) bond motifs is 5. The molecule has 2 bridgehead atoms. The molecule has 4 atom stereocenters. The molecule has 9 heteroatoms. The monoisotopic (exact) mass is 557 g/mol. The molecule has 1 aromatic heterocycles. The highest BCUT2D eigenvalue weighted by Crippen LogP contribution is 2.42. The van der Waals surface area contributed by atoms with E-state index in [0.717, 1.165) is 56.1 Å². The van der Waals surface area contributed by atoms with Crippen LogP contribution in [0.15, 0.2) is 48.5 Å². The Morgan fingerprint density at radius 2 is 1.83 bits per heavy atom. The Morgan fingerprint density at radius 1 is 1.00 bits per heavy atom. The molecule has 4 aliphatic rings. The zero-order valence-electron chi connectivity index (χ0n) is 22.8. The van der Waals surface area contributed by atoms with Gasteiger partial charge in [0.25, 0.3) is 0 Å². The van der Waals surface area contributed by atoms with E-state index in [-0.39, 0.29) is 29.4 Å². The number of rotatable bonds is 5. The highest BCUT2D eigenvalue weighted by molar-refractivity contribution is 6.01. The predicted octanol–water partition coefficient (Wildman–Crippen LogP) is 5.19. The molecule has 212 valence electrons. The molecule has 0 aliphatic carbocycles. The lowest BCUT2D eigenvalue weighted by Gasteiger charge is -2.34. The predicted molar refractivity (Wildman–Crippen MR) is 155 cm³/mol. The second kappa shape index (κ2) is 9.49. The lowest BCUT2D eigenvalue weighted by Crippen LogP contribution is -2.51. The number of piperazine rings is 1. The Morgan fingerprint density at radius 3 is 2.68 bits per heavy atom. The van der Waals surface area contributed by atoms with E-state index in [1.807, 2.05) is 30.3 Å². The van der Waals surface area contributed by atoms with Crippen molar-refractivity contribution in [2.24, 2.45) is 0 Å². The Bertz CT molecular complexity index is 1650. The fourth-order valence-electron chi connectivity index (χ4n) is 7.77. The van der Waals surface area contributed by atoms with Crippen LogP contribution in [-0.4, -0.2) is 76.6 Å². The van der Waals surface area contributed by atoms with E-state index in [1.54, 1.807) is 18.2 Å². The van der Waals surface area contributed by atoms with E-state index in [9.17, 15) is 9.50 Å². The van der Waals surface area contributed by atoms with Gasteiger partial charge < -0.3 is 20.1 Å². The first-order chi connectivity index (χ1) is 20.0. The first-order valence-corrected chi connectivity index (χ1v) is 14.7. The van der Waals surface area contributed by atoms with Gasteiger partial charge in [0.05, 0.1) is 5.54 Å². The lowest BCUT2D eigenvalue weighted by molar-refractivity contribution is 0.107. The topological polar surface area (TPSA) is 73.8 Å². The molecular formula is C32H33F2N5O2. The molecule has 7 nitrogen and oxygen atoms in total. The fraction of sp³-hybridized carbons (Fsp3) is 0.438. The summed E-state index contributed by atoms with van der Waals surface area (Å²) in [5.41, 5.74) is 0.796. The highest BCUT2D eigenvalue weighted by Gasteiger charge is 2.49. The van der Waals surface area contributed by atoms with Crippen LogP contribution in [0.2, 0.25) is 0 Å². The van der Waals surface area contributed by atoms with Crippen LogP contribution in [-0.2, 0) is 0 Å². The molecular weight excluding hydrogens is 524 g/mol. The number of hydrogen-bond acceptors (Lipinski definition) is 7. The van der Waals surface area contributed by atoms with Gasteiger partial charge in [-0.2, -0.15) is 9.97 Å². The van der Waals surface area contributed by atoms with Crippen LogP contribution in [0, 0.1) is 5.82 Å². The van der Waals surface area contributed by atoms with Gasteiger partial charge in [0, 0.05) is 49.1 Å². The van der Waals surface area contributed by atoms with Crippen LogP contribution in [0.5, 0.6) is 11.8 Å². The van der Waals surface area contributed by atoms with Crippen LogP contribution < -0.4 is 15.0 Å². The molecule has 4 saturated heterocycles. The number of aromatic nitrogens is 2. The fourth-order valence-corrected chi connectivity index (χ4v) is 7.77. The number of anilines is 1. The molecule has 4 aliphatic heterocycles. The maximum atomic E-state index is 16.6. The van der Waals surface area contributed by atoms with Crippen molar-refractivity contribution in [3.63, 3.8) is 0 Å². The van der Waals surface area contributed by atoms with Gasteiger partial charge in [0.15, 0.2) is 5.82 Å². The number of aromatic hydroxyl groups is 1. The summed E-state index contributed by atoms with van der Waals surface area (Å²) in [5.74, 6) is 0.269. The molecule has 0 amide bonds. The molecule has 5 heterocycles. The Kier molecular flexibility index (Phi) is 5.83. The van der Waals surface area contributed by atoms with Gasteiger partial charge in [-0.15, -0.1) is 0 Å². The van der Waals surface area contributed by atoms with Crippen molar-refractivity contribution in [3.05, 3.63) is 54.3 Å². The third-order valence-electron chi connectivity index (χ3n) is 9.65. The van der Waals surface area contributed by atoms with E-state index >= 15 is 4.39 Å². The number of phenolic OH excluding ortho intramolecular Hbond substituents is 1. The summed E-state index contributed by atoms with van der Waals surface area (Å²) < 4.78 is 37.3. The van der Waals surface area contributed by atoms with Crippen LogP contribution >= 0.6 is 0 Å². The van der Waals surface area contributed by atoms with Crippen LogP contribution in [0.3, 0.4) is 0 Å². The number of alkyl halides is 1. The van der Waals surface area contributed by atoms with Crippen molar-refractivity contribution in [3.8, 4) is 22.9 Å². The molecule has 3 unspecified atom stereocenters. The van der Waals surface area contributed by atoms with Crippen molar-refractivity contribution >= 4 is 27.5 Å². The molecule has 8 rings (SSSR count). The van der Waals surface area contributed by atoms with E-state index in [4.69, 9.17) is 9.72 Å². The number of halogens is 2. The van der Waals surface area contributed by atoms with Gasteiger partial charge >= 0.3 is 6.01 Å². The van der Waals surface area contributed by atoms with E-state index in [0.29, 0.717) is 47.4 Å². The largest absolute Gasteiger partial charge is 0.508 e. The average Bonchev–Trinajstić information content (AvgIpc) is 3.61. The molecule has 4 fully saturated rings. The first kappa shape index (κ1) is 25.2. The highest BCUT2D eigenvalue weighted by atomic mass is 19.1. The SMILES string of the molecule is Oc1cc(-c2ccc3c(N4CC5CCC(C4)N5)nc(OCC45CCCN4C[C@H](F)C5)nc3c2F)c2ccccc2c1. The molecule has 2 N–H and O–H groups in total. The van der Waals surface area contributed by atoms with Crippen molar-refractivity contribution in [2.45, 2.75) is 55.9 Å².